The van der Waals surface area contributed by atoms with Crippen LogP contribution in [0.15, 0.2) is 24.3 Å². The van der Waals surface area contributed by atoms with E-state index in [9.17, 15) is 5.11 Å². The molecule has 3 unspecified atom stereocenters. The molecule has 0 amide bonds. The van der Waals surface area contributed by atoms with Crippen molar-refractivity contribution in [1.82, 2.24) is 0 Å². The first kappa shape index (κ1) is 10.5. The summed E-state index contributed by atoms with van der Waals surface area (Å²) >= 11 is 0. The minimum absolute atomic E-state index is 0.110. The smallest absolute Gasteiger partial charge is 0.119 e. The van der Waals surface area contributed by atoms with Gasteiger partial charge in [-0.3, -0.25) is 0 Å². The quantitative estimate of drug-likeness (QED) is 0.823. The highest BCUT2D eigenvalue weighted by Crippen LogP contribution is 2.42. The van der Waals surface area contributed by atoms with Crippen molar-refractivity contribution in [1.29, 1.82) is 0 Å². The topological polar surface area (TPSA) is 29.5 Å². The molecule has 0 bridgehead atoms. The highest BCUT2D eigenvalue weighted by atomic mass is 16.5. The third-order valence-corrected chi connectivity index (χ3v) is 3.36. The molecule has 1 N–H and O–H groups in total. The maximum Gasteiger partial charge on any atom is 0.119 e. The molecule has 1 aliphatic rings. The number of benzene rings is 1. The summed E-state index contributed by atoms with van der Waals surface area (Å²) in [7, 11) is 0. The van der Waals surface area contributed by atoms with Gasteiger partial charge in [-0.15, -0.1) is 0 Å². The Morgan fingerprint density at radius 1 is 1.33 bits per heavy atom. The Hall–Kier alpha value is -1.02. The lowest BCUT2D eigenvalue weighted by atomic mass is 9.69. The molecule has 2 nitrogen and oxygen atoms in total. The van der Waals surface area contributed by atoms with E-state index in [1.54, 1.807) is 0 Å². The van der Waals surface area contributed by atoms with Gasteiger partial charge in [0.25, 0.3) is 0 Å². The van der Waals surface area contributed by atoms with Crippen molar-refractivity contribution in [2.24, 2.45) is 5.92 Å². The number of rotatable bonds is 3. The van der Waals surface area contributed by atoms with E-state index in [1.807, 2.05) is 19.1 Å². The molecular weight excluding hydrogens is 188 g/mol. The number of aliphatic hydroxyl groups excluding tert-OH is 1. The molecule has 0 spiro atoms. The minimum atomic E-state index is -0.110. The SMILES string of the molecule is CCOc1ccc(C2CC(O)C2C)cc1. The van der Waals surface area contributed by atoms with Gasteiger partial charge in [0, 0.05) is 0 Å². The van der Waals surface area contributed by atoms with Crippen LogP contribution in [0.5, 0.6) is 5.75 Å². The van der Waals surface area contributed by atoms with Crippen LogP contribution in [0.4, 0.5) is 0 Å². The second kappa shape index (κ2) is 4.23. The molecule has 1 aliphatic carbocycles. The average Bonchev–Trinajstić information content (AvgIpc) is 2.27. The second-order valence-electron chi connectivity index (χ2n) is 4.27. The molecule has 1 fully saturated rings. The van der Waals surface area contributed by atoms with Gasteiger partial charge in [0.1, 0.15) is 5.75 Å². The van der Waals surface area contributed by atoms with E-state index in [2.05, 4.69) is 19.1 Å². The van der Waals surface area contributed by atoms with Crippen molar-refractivity contribution in [3.63, 3.8) is 0 Å². The molecule has 82 valence electrons. The first-order chi connectivity index (χ1) is 7.22. The molecular formula is C13H18O2. The van der Waals surface area contributed by atoms with Crippen LogP contribution in [-0.4, -0.2) is 17.8 Å². The van der Waals surface area contributed by atoms with Crippen LogP contribution in [-0.2, 0) is 0 Å². The van der Waals surface area contributed by atoms with E-state index in [0.717, 1.165) is 12.2 Å². The van der Waals surface area contributed by atoms with Crippen molar-refractivity contribution in [3.05, 3.63) is 29.8 Å². The van der Waals surface area contributed by atoms with Crippen LogP contribution in [0.2, 0.25) is 0 Å². The highest BCUT2D eigenvalue weighted by molar-refractivity contribution is 5.31. The normalized spacial score (nSPS) is 29.7. The molecule has 15 heavy (non-hydrogen) atoms. The summed E-state index contributed by atoms with van der Waals surface area (Å²) in [6.45, 7) is 4.80. The van der Waals surface area contributed by atoms with Gasteiger partial charge in [-0.05, 0) is 42.9 Å². The summed E-state index contributed by atoms with van der Waals surface area (Å²) in [4.78, 5) is 0. The summed E-state index contributed by atoms with van der Waals surface area (Å²) in [5.41, 5.74) is 1.32. The highest BCUT2D eigenvalue weighted by Gasteiger charge is 2.36. The summed E-state index contributed by atoms with van der Waals surface area (Å²) < 4.78 is 5.39. The predicted octanol–water partition coefficient (Wildman–Crippen LogP) is 2.57. The van der Waals surface area contributed by atoms with E-state index in [0.29, 0.717) is 18.4 Å². The zero-order chi connectivity index (χ0) is 10.8. The Bertz CT molecular complexity index is 318. The van der Waals surface area contributed by atoms with Gasteiger partial charge in [-0.25, -0.2) is 0 Å². The fourth-order valence-electron chi connectivity index (χ4n) is 2.18. The maximum atomic E-state index is 9.46. The minimum Gasteiger partial charge on any atom is -0.494 e. The van der Waals surface area contributed by atoms with Crippen LogP contribution in [0.1, 0.15) is 31.7 Å². The van der Waals surface area contributed by atoms with Gasteiger partial charge in [0.15, 0.2) is 0 Å². The number of hydrogen-bond acceptors (Lipinski definition) is 2. The second-order valence-corrected chi connectivity index (χ2v) is 4.27. The van der Waals surface area contributed by atoms with E-state index in [4.69, 9.17) is 4.74 Å². The van der Waals surface area contributed by atoms with Gasteiger partial charge in [0.05, 0.1) is 12.7 Å². The summed E-state index contributed by atoms with van der Waals surface area (Å²) in [5, 5.41) is 9.46. The zero-order valence-corrected chi connectivity index (χ0v) is 9.31. The third-order valence-electron chi connectivity index (χ3n) is 3.36. The lowest BCUT2D eigenvalue weighted by Crippen LogP contribution is -2.37. The third kappa shape index (κ3) is 2.00. The van der Waals surface area contributed by atoms with Gasteiger partial charge >= 0.3 is 0 Å². The molecule has 1 aromatic rings. The standard InChI is InChI=1S/C13H18O2/c1-3-15-11-6-4-10(5-7-11)12-8-13(14)9(12)2/h4-7,9,12-14H,3,8H2,1-2H3. The Labute approximate surface area is 90.9 Å². The largest absolute Gasteiger partial charge is 0.494 e. The monoisotopic (exact) mass is 206 g/mol. The van der Waals surface area contributed by atoms with E-state index in [-0.39, 0.29) is 6.10 Å². The molecule has 0 radical (unpaired) electrons. The maximum absolute atomic E-state index is 9.46. The van der Waals surface area contributed by atoms with Crippen LogP contribution in [0.25, 0.3) is 0 Å². The van der Waals surface area contributed by atoms with Crippen LogP contribution < -0.4 is 4.74 Å². The first-order valence-corrected chi connectivity index (χ1v) is 5.63. The molecule has 2 rings (SSSR count). The van der Waals surface area contributed by atoms with Crippen molar-refractivity contribution < 1.29 is 9.84 Å². The van der Waals surface area contributed by atoms with E-state index in [1.165, 1.54) is 5.56 Å². The number of hydrogen-bond donors (Lipinski definition) is 1. The lowest BCUT2D eigenvalue weighted by Gasteiger charge is -2.39. The number of ether oxygens (including phenoxy) is 1. The van der Waals surface area contributed by atoms with Gasteiger partial charge in [-0.1, -0.05) is 19.1 Å². The van der Waals surface area contributed by atoms with Crippen LogP contribution >= 0.6 is 0 Å². The molecule has 2 heteroatoms. The van der Waals surface area contributed by atoms with Gasteiger partial charge in [-0.2, -0.15) is 0 Å². The molecule has 0 aliphatic heterocycles. The molecule has 0 saturated heterocycles. The molecule has 3 atom stereocenters. The van der Waals surface area contributed by atoms with Crippen LogP contribution in [0.3, 0.4) is 0 Å². The molecule has 1 saturated carbocycles. The Morgan fingerprint density at radius 2 is 2.00 bits per heavy atom. The molecule has 0 heterocycles. The van der Waals surface area contributed by atoms with E-state index >= 15 is 0 Å². The van der Waals surface area contributed by atoms with E-state index < -0.39 is 0 Å². The molecule has 0 aromatic heterocycles. The van der Waals surface area contributed by atoms with Crippen molar-refractivity contribution >= 4 is 0 Å². The fourth-order valence-corrected chi connectivity index (χ4v) is 2.18. The van der Waals surface area contributed by atoms with Crippen LogP contribution in [0, 0.1) is 5.92 Å². The summed E-state index contributed by atoms with van der Waals surface area (Å²) in [5.74, 6) is 1.84. The first-order valence-electron chi connectivity index (χ1n) is 5.63. The number of aliphatic hydroxyl groups is 1. The summed E-state index contributed by atoms with van der Waals surface area (Å²) in [6.07, 6.45) is 0.788. The average molecular weight is 206 g/mol. The Morgan fingerprint density at radius 3 is 2.47 bits per heavy atom. The Balaban J connectivity index is 2.04. The van der Waals surface area contributed by atoms with Crippen molar-refractivity contribution in [2.45, 2.75) is 32.3 Å². The summed E-state index contributed by atoms with van der Waals surface area (Å²) in [6, 6.07) is 8.24. The fraction of sp³-hybridized carbons (Fsp3) is 0.538. The van der Waals surface area contributed by atoms with Crippen molar-refractivity contribution in [2.75, 3.05) is 6.61 Å². The predicted molar refractivity (Wildman–Crippen MR) is 60.1 cm³/mol. The van der Waals surface area contributed by atoms with Crippen molar-refractivity contribution in [3.8, 4) is 5.75 Å². The Kier molecular flexibility index (Phi) is 2.96. The van der Waals surface area contributed by atoms with Gasteiger partial charge in [0.2, 0.25) is 0 Å². The lowest BCUT2D eigenvalue weighted by molar-refractivity contribution is 0.0117. The molecule has 1 aromatic carbocycles. The zero-order valence-electron chi connectivity index (χ0n) is 9.31. The van der Waals surface area contributed by atoms with Gasteiger partial charge < -0.3 is 9.84 Å².